The third-order valence-electron chi connectivity index (χ3n) is 6.36. The maximum atomic E-state index is 11.2. The lowest BCUT2D eigenvalue weighted by Gasteiger charge is -2.25. The molecular weight excluding hydrogens is 442 g/mol. The summed E-state index contributed by atoms with van der Waals surface area (Å²) in [6, 6.07) is 16.6. The molecule has 0 spiro atoms. The van der Waals surface area contributed by atoms with Gasteiger partial charge in [0, 0.05) is 49.4 Å². The molecule has 1 aliphatic rings. The summed E-state index contributed by atoms with van der Waals surface area (Å²) < 4.78 is 11.6. The predicted molar refractivity (Wildman–Crippen MR) is 137 cm³/mol. The second-order valence-corrected chi connectivity index (χ2v) is 8.96. The highest BCUT2D eigenvalue weighted by atomic mass is 16.7. The van der Waals surface area contributed by atoms with Crippen LogP contribution in [0.5, 0.6) is 0 Å². The number of carbonyl (C=O) groups excluding carboxylic acids is 1. The number of nitrogens with zero attached hydrogens (tertiary/aromatic N) is 1. The van der Waals surface area contributed by atoms with Crippen LogP contribution >= 0.6 is 0 Å². The van der Waals surface area contributed by atoms with Crippen molar-refractivity contribution in [2.24, 2.45) is 0 Å². The topological polar surface area (TPSA) is 86.8 Å². The molecule has 2 heterocycles. The zero-order chi connectivity index (χ0) is 24.3. The molecule has 1 unspecified atom stereocenters. The minimum absolute atomic E-state index is 0.0445. The molecule has 7 nitrogen and oxygen atoms in total. The predicted octanol–water partition coefficient (Wildman–Crippen LogP) is 4.66. The molecule has 1 fully saturated rings. The molecule has 1 aromatic heterocycles. The third-order valence-corrected chi connectivity index (χ3v) is 6.36. The Morgan fingerprint density at radius 3 is 2.83 bits per heavy atom. The highest BCUT2D eigenvalue weighted by Gasteiger charge is 2.14. The van der Waals surface area contributed by atoms with E-state index in [2.05, 4.69) is 52.5 Å². The fourth-order valence-corrected chi connectivity index (χ4v) is 4.43. The molecule has 7 heteroatoms. The van der Waals surface area contributed by atoms with Gasteiger partial charge in [0.25, 0.3) is 5.91 Å². The summed E-state index contributed by atoms with van der Waals surface area (Å²) in [6.07, 6.45) is 10.3. The lowest BCUT2D eigenvalue weighted by Crippen LogP contribution is -2.29. The number of rotatable bonds is 12. The molecule has 1 atom stereocenters. The maximum Gasteiger partial charge on any atom is 0.267 e. The number of fused-ring (bicyclic) bond motifs is 1. The van der Waals surface area contributed by atoms with Gasteiger partial charge in [0.05, 0.1) is 6.61 Å². The van der Waals surface area contributed by atoms with Gasteiger partial charge in [0.2, 0.25) is 0 Å². The van der Waals surface area contributed by atoms with E-state index >= 15 is 0 Å². The maximum absolute atomic E-state index is 11.2. The van der Waals surface area contributed by atoms with Crippen molar-refractivity contribution in [2.75, 3.05) is 26.3 Å². The Hall–Kier alpha value is -2.97. The molecule has 4 rings (SSSR count). The van der Waals surface area contributed by atoms with E-state index in [1.165, 1.54) is 34.5 Å². The van der Waals surface area contributed by atoms with Crippen molar-refractivity contribution in [3.8, 4) is 0 Å². The molecule has 3 N–H and O–H groups in total. The molecule has 0 bridgehead atoms. The minimum atomic E-state index is -0.543. The molecular formula is C28H35N3O4. The number of hydroxylamine groups is 1. The molecule has 0 aliphatic carbocycles. The average molecular weight is 478 g/mol. The standard InChI is InChI=1S/C28H35N3O4/c32-27(30-33)14-13-22-9-11-23(12-10-22)21-31(16-5-19-35-28-8-3-4-18-34-28)17-15-24-20-29-26-7-2-1-6-25(24)26/h1-2,6-7,9-14,20,28-29,33H,3-5,8,15-19,21H2,(H,30,32)/b14-13+. The zero-order valence-corrected chi connectivity index (χ0v) is 20.1. The van der Waals surface area contributed by atoms with Gasteiger partial charge >= 0.3 is 0 Å². The highest BCUT2D eigenvalue weighted by molar-refractivity contribution is 5.90. The van der Waals surface area contributed by atoms with Gasteiger partial charge in [-0.15, -0.1) is 0 Å². The fraction of sp³-hybridized carbons (Fsp3) is 0.393. The Balaban J connectivity index is 1.35. The highest BCUT2D eigenvalue weighted by Crippen LogP contribution is 2.19. The Bertz CT molecular complexity index is 1090. The number of hydrogen-bond acceptors (Lipinski definition) is 5. The lowest BCUT2D eigenvalue weighted by molar-refractivity contribution is -0.163. The summed E-state index contributed by atoms with van der Waals surface area (Å²) >= 11 is 0. The first-order chi connectivity index (χ1) is 17.2. The van der Waals surface area contributed by atoms with Crippen LogP contribution in [0.4, 0.5) is 0 Å². The van der Waals surface area contributed by atoms with E-state index in [9.17, 15) is 4.79 Å². The molecule has 3 aromatic rings. The normalized spacial score (nSPS) is 16.3. The van der Waals surface area contributed by atoms with E-state index in [-0.39, 0.29) is 6.29 Å². The Kier molecular flexibility index (Phi) is 9.48. The van der Waals surface area contributed by atoms with Crippen LogP contribution < -0.4 is 5.48 Å². The van der Waals surface area contributed by atoms with E-state index in [1.807, 2.05) is 12.1 Å². The molecule has 0 radical (unpaired) electrons. The summed E-state index contributed by atoms with van der Waals surface area (Å²) in [5, 5.41) is 9.91. The van der Waals surface area contributed by atoms with Crippen molar-refractivity contribution in [1.29, 1.82) is 0 Å². The van der Waals surface area contributed by atoms with Crippen LogP contribution in [-0.2, 0) is 27.2 Å². The number of amides is 1. The van der Waals surface area contributed by atoms with Crippen molar-refractivity contribution in [3.63, 3.8) is 0 Å². The van der Waals surface area contributed by atoms with Crippen molar-refractivity contribution < 1.29 is 19.5 Å². The summed E-state index contributed by atoms with van der Waals surface area (Å²) in [5.41, 5.74) is 6.23. The van der Waals surface area contributed by atoms with Gasteiger partial charge in [-0.2, -0.15) is 0 Å². The van der Waals surface area contributed by atoms with Gasteiger partial charge in [-0.3, -0.25) is 14.9 Å². The Morgan fingerprint density at radius 2 is 2.03 bits per heavy atom. The second kappa shape index (κ2) is 13.2. The SMILES string of the molecule is O=C(/C=C/c1ccc(CN(CCCOC2CCCCO2)CCc2c[nH]c3ccccc23)cc1)NO. The van der Waals surface area contributed by atoms with Gasteiger partial charge in [0.15, 0.2) is 6.29 Å². The number of aromatic amines is 1. The first-order valence-electron chi connectivity index (χ1n) is 12.4. The largest absolute Gasteiger partial charge is 0.361 e. The van der Waals surface area contributed by atoms with Gasteiger partial charge in [-0.25, -0.2) is 5.48 Å². The number of nitrogens with one attached hydrogen (secondary N) is 2. The molecule has 0 saturated carbocycles. The minimum Gasteiger partial charge on any atom is -0.361 e. The van der Waals surface area contributed by atoms with Crippen molar-refractivity contribution >= 4 is 22.9 Å². The lowest BCUT2D eigenvalue weighted by atomic mass is 10.1. The van der Waals surface area contributed by atoms with Gasteiger partial charge in [-0.05, 0) is 60.9 Å². The summed E-state index contributed by atoms with van der Waals surface area (Å²) in [5.74, 6) is -0.543. The zero-order valence-electron chi connectivity index (χ0n) is 20.1. The molecule has 186 valence electrons. The summed E-state index contributed by atoms with van der Waals surface area (Å²) in [4.78, 5) is 17.0. The molecule has 1 saturated heterocycles. The second-order valence-electron chi connectivity index (χ2n) is 8.96. The van der Waals surface area contributed by atoms with Crippen LogP contribution in [0.3, 0.4) is 0 Å². The van der Waals surface area contributed by atoms with E-state index in [1.54, 1.807) is 11.6 Å². The molecule has 35 heavy (non-hydrogen) atoms. The van der Waals surface area contributed by atoms with Gasteiger partial charge < -0.3 is 14.5 Å². The average Bonchev–Trinajstić information content (AvgIpc) is 3.32. The van der Waals surface area contributed by atoms with Gasteiger partial charge in [-0.1, -0.05) is 42.5 Å². The molecule has 1 aliphatic heterocycles. The number of ether oxygens (including phenoxy) is 2. The fourth-order valence-electron chi connectivity index (χ4n) is 4.43. The van der Waals surface area contributed by atoms with Crippen LogP contribution in [0.25, 0.3) is 17.0 Å². The molecule has 1 amide bonds. The summed E-state index contributed by atoms with van der Waals surface area (Å²) in [7, 11) is 0. The van der Waals surface area contributed by atoms with Crippen LogP contribution in [0.1, 0.15) is 42.4 Å². The van der Waals surface area contributed by atoms with E-state index < -0.39 is 5.91 Å². The number of hydrogen-bond donors (Lipinski definition) is 3. The van der Waals surface area contributed by atoms with E-state index in [4.69, 9.17) is 14.7 Å². The van der Waals surface area contributed by atoms with E-state index in [0.717, 1.165) is 57.5 Å². The monoisotopic (exact) mass is 477 g/mol. The third kappa shape index (κ3) is 7.77. The van der Waals surface area contributed by atoms with Crippen LogP contribution in [0.15, 0.2) is 60.8 Å². The number of benzene rings is 2. The number of carbonyl (C=O) groups is 1. The summed E-state index contributed by atoms with van der Waals surface area (Å²) in [6.45, 7) is 4.22. The Labute approximate surface area is 206 Å². The smallest absolute Gasteiger partial charge is 0.267 e. The molecule has 2 aromatic carbocycles. The number of para-hydroxylation sites is 1. The number of H-pyrrole nitrogens is 1. The van der Waals surface area contributed by atoms with Crippen molar-refractivity contribution in [3.05, 3.63) is 77.5 Å². The van der Waals surface area contributed by atoms with Gasteiger partial charge in [0.1, 0.15) is 0 Å². The quantitative estimate of drug-likeness (QED) is 0.153. The van der Waals surface area contributed by atoms with Crippen molar-refractivity contribution in [2.45, 2.75) is 44.9 Å². The van der Waals surface area contributed by atoms with Crippen LogP contribution in [-0.4, -0.2) is 53.6 Å². The van der Waals surface area contributed by atoms with Crippen LogP contribution in [0.2, 0.25) is 0 Å². The van der Waals surface area contributed by atoms with Crippen molar-refractivity contribution in [1.82, 2.24) is 15.4 Å². The Morgan fingerprint density at radius 1 is 1.17 bits per heavy atom. The van der Waals surface area contributed by atoms with Crippen LogP contribution in [0, 0.1) is 0 Å². The first-order valence-corrected chi connectivity index (χ1v) is 12.4. The number of aromatic nitrogens is 1. The first kappa shape index (κ1) is 25.1. The van der Waals surface area contributed by atoms with E-state index in [0.29, 0.717) is 6.61 Å².